The molecule has 30 heavy (non-hydrogen) atoms. The van der Waals surface area contributed by atoms with Crippen LogP contribution in [0, 0.1) is 0 Å². The molecule has 0 unspecified atom stereocenters. The van der Waals surface area contributed by atoms with Gasteiger partial charge in [0.15, 0.2) is 0 Å². The van der Waals surface area contributed by atoms with Gasteiger partial charge in [0.05, 0.1) is 13.2 Å². The molecule has 0 aliphatic carbocycles. The molecule has 0 fully saturated rings. The molecule has 0 aromatic rings. The fraction of sp³-hybridized carbons (Fsp3) is 0.778. The van der Waals surface area contributed by atoms with E-state index < -0.39 is 23.9 Å². The van der Waals surface area contributed by atoms with E-state index in [1.54, 1.807) is 0 Å². The van der Waals surface area contributed by atoms with Gasteiger partial charge in [-0.1, -0.05) is 0 Å². The second kappa shape index (κ2) is 31.4. The average Bonchev–Trinajstić information content (AvgIpc) is 2.67. The number of aliphatic hydroxyl groups excluding tert-OH is 4. The number of carboxylic acids is 4. The van der Waals surface area contributed by atoms with Gasteiger partial charge in [0.2, 0.25) is 0 Å². The number of carbonyl (C=O) groups is 4. The van der Waals surface area contributed by atoms with E-state index in [4.69, 9.17) is 40.9 Å². The summed E-state index contributed by atoms with van der Waals surface area (Å²) in [7, 11) is 0. The molecule has 0 saturated heterocycles. The lowest BCUT2D eigenvalue weighted by Crippen LogP contribution is -1.97. The summed E-state index contributed by atoms with van der Waals surface area (Å²) in [4.78, 5) is 39.6. The van der Waals surface area contributed by atoms with Crippen molar-refractivity contribution in [3.05, 3.63) is 0 Å². The van der Waals surface area contributed by atoms with Crippen LogP contribution in [0.1, 0.15) is 64.2 Å². The van der Waals surface area contributed by atoms with Crippen LogP contribution in [0.4, 0.5) is 0 Å². The lowest BCUT2D eigenvalue weighted by atomic mass is 10.2. The molecule has 0 bridgehead atoms. The number of aliphatic hydroxyl groups is 4. The van der Waals surface area contributed by atoms with Crippen molar-refractivity contribution in [1.29, 1.82) is 0 Å². The Morgan fingerprint density at radius 3 is 0.667 bits per heavy atom. The zero-order valence-corrected chi connectivity index (χ0v) is 17.1. The van der Waals surface area contributed by atoms with Gasteiger partial charge in [0, 0.05) is 38.9 Å². The summed E-state index contributed by atoms with van der Waals surface area (Å²) >= 11 is 0. The number of rotatable bonds is 14. The monoisotopic (exact) mass is 444 g/mol. The van der Waals surface area contributed by atoms with Crippen LogP contribution in [-0.2, 0) is 19.2 Å². The Balaban J connectivity index is -0.000000159. The first-order chi connectivity index (χ1) is 14.1. The van der Waals surface area contributed by atoms with Gasteiger partial charge < -0.3 is 40.9 Å². The quantitative estimate of drug-likeness (QED) is 0.167. The van der Waals surface area contributed by atoms with Crippen LogP contribution in [0.2, 0.25) is 0 Å². The molecule has 0 amide bonds. The smallest absolute Gasteiger partial charge is 0.303 e. The Labute approximate surface area is 175 Å². The molecule has 0 aromatic carbocycles. The number of aliphatic carboxylic acids is 4. The first-order valence-electron chi connectivity index (χ1n) is 9.39. The van der Waals surface area contributed by atoms with Crippen molar-refractivity contribution in [2.24, 2.45) is 0 Å². The summed E-state index contributed by atoms with van der Waals surface area (Å²) in [5, 5.41) is 63.9. The predicted molar refractivity (Wildman–Crippen MR) is 105 cm³/mol. The molecule has 0 radical (unpaired) electrons. The number of unbranched alkanes of at least 4 members (excludes halogenated alkanes) is 3. The van der Waals surface area contributed by atoms with Crippen molar-refractivity contribution < 1.29 is 60.0 Å². The normalized spacial score (nSPS) is 8.93. The maximum absolute atomic E-state index is 9.90. The molecular formula is C18H36O12. The van der Waals surface area contributed by atoms with Gasteiger partial charge in [-0.3, -0.25) is 19.2 Å². The Hall–Kier alpha value is -2.28. The highest BCUT2D eigenvalue weighted by molar-refractivity contribution is 5.68. The Bertz CT molecular complexity index is 342. The fourth-order valence-corrected chi connectivity index (χ4v) is 1.33. The third-order valence-corrected chi connectivity index (χ3v) is 2.73. The van der Waals surface area contributed by atoms with E-state index in [2.05, 4.69) is 0 Å². The van der Waals surface area contributed by atoms with Gasteiger partial charge in [-0.05, 0) is 38.5 Å². The summed E-state index contributed by atoms with van der Waals surface area (Å²) in [6.45, 7) is 0.140. The fourth-order valence-electron chi connectivity index (χ4n) is 1.33. The van der Waals surface area contributed by atoms with E-state index >= 15 is 0 Å². The first-order valence-corrected chi connectivity index (χ1v) is 9.39. The minimum absolute atomic E-state index is 0.0628. The zero-order chi connectivity index (χ0) is 24.2. The molecule has 0 atom stereocenters. The van der Waals surface area contributed by atoms with Crippen molar-refractivity contribution >= 4 is 23.9 Å². The maximum atomic E-state index is 9.90. The summed E-state index contributed by atoms with van der Waals surface area (Å²) in [5.41, 5.74) is 0. The Morgan fingerprint density at radius 1 is 0.367 bits per heavy atom. The van der Waals surface area contributed by atoms with Crippen molar-refractivity contribution in [1.82, 2.24) is 0 Å². The van der Waals surface area contributed by atoms with Gasteiger partial charge in [-0.15, -0.1) is 0 Å². The summed E-state index contributed by atoms with van der Waals surface area (Å²) < 4.78 is 0. The van der Waals surface area contributed by atoms with Crippen molar-refractivity contribution in [2.45, 2.75) is 64.2 Å². The largest absolute Gasteiger partial charge is 0.481 e. The molecule has 0 aliphatic heterocycles. The second-order valence-corrected chi connectivity index (χ2v) is 5.59. The minimum Gasteiger partial charge on any atom is -0.481 e. The van der Waals surface area contributed by atoms with Crippen LogP contribution in [-0.4, -0.2) is 91.2 Å². The maximum Gasteiger partial charge on any atom is 0.303 e. The van der Waals surface area contributed by atoms with Crippen LogP contribution in [0.25, 0.3) is 0 Å². The molecule has 0 heterocycles. The molecule has 180 valence electrons. The molecular weight excluding hydrogens is 408 g/mol. The molecule has 0 saturated carbocycles. The molecule has 12 heteroatoms. The van der Waals surface area contributed by atoms with Gasteiger partial charge >= 0.3 is 23.9 Å². The predicted octanol–water partition coefficient (Wildman–Crippen LogP) is 0.154. The highest BCUT2D eigenvalue weighted by Crippen LogP contribution is 1.99. The molecule has 0 aromatic heterocycles. The standard InChI is InChI=1S/2C6H10O4.C4H10O2.C2H6O2/c2*7-5(8)3-1-2-4-6(9)10;5-3-1-2-4-6;3-1-2-4/h2*1-4H2,(H,7,8)(H,9,10);5-6H,1-4H2;3-4H,1-2H2. The number of hydrogen-bond acceptors (Lipinski definition) is 8. The second-order valence-electron chi connectivity index (χ2n) is 5.59. The van der Waals surface area contributed by atoms with Crippen LogP contribution in [0.5, 0.6) is 0 Å². The van der Waals surface area contributed by atoms with Crippen molar-refractivity contribution in [3.8, 4) is 0 Å². The van der Waals surface area contributed by atoms with Gasteiger partial charge in [-0.25, -0.2) is 0 Å². The van der Waals surface area contributed by atoms with Crippen molar-refractivity contribution in [3.63, 3.8) is 0 Å². The van der Waals surface area contributed by atoms with E-state index in [-0.39, 0.29) is 52.1 Å². The summed E-state index contributed by atoms with van der Waals surface area (Å²) in [5.74, 6) is -3.48. The first kappa shape index (κ1) is 35.2. The van der Waals surface area contributed by atoms with Gasteiger partial charge in [-0.2, -0.15) is 0 Å². The van der Waals surface area contributed by atoms with E-state index in [0.717, 1.165) is 12.8 Å². The summed E-state index contributed by atoms with van der Waals surface area (Å²) in [6, 6.07) is 0. The van der Waals surface area contributed by atoms with Gasteiger partial charge in [0.25, 0.3) is 0 Å². The van der Waals surface area contributed by atoms with Crippen molar-refractivity contribution in [2.75, 3.05) is 26.4 Å². The third-order valence-electron chi connectivity index (χ3n) is 2.73. The molecule has 0 rings (SSSR count). The van der Waals surface area contributed by atoms with Crippen LogP contribution < -0.4 is 0 Å². The van der Waals surface area contributed by atoms with E-state index in [1.807, 2.05) is 0 Å². The van der Waals surface area contributed by atoms with Crippen LogP contribution >= 0.6 is 0 Å². The highest BCUT2D eigenvalue weighted by atomic mass is 16.4. The topological polar surface area (TPSA) is 230 Å². The van der Waals surface area contributed by atoms with E-state index in [1.165, 1.54) is 0 Å². The van der Waals surface area contributed by atoms with E-state index in [9.17, 15) is 19.2 Å². The highest BCUT2D eigenvalue weighted by Gasteiger charge is 1.99. The number of carboxylic acid groups (broad SMARTS) is 4. The molecule has 0 spiro atoms. The molecule has 0 aliphatic rings. The van der Waals surface area contributed by atoms with E-state index in [0.29, 0.717) is 25.7 Å². The van der Waals surface area contributed by atoms with Gasteiger partial charge in [0.1, 0.15) is 0 Å². The SMILES string of the molecule is O=C(O)CCCCC(=O)O.O=C(O)CCCCC(=O)O.OCCCCO.OCCO. The Kier molecular flexibility index (Phi) is 36.8. The van der Waals surface area contributed by atoms with Crippen LogP contribution in [0.3, 0.4) is 0 Å². The minimum atomic E-state index is -0.870. The Morgan fingerprint density at radius 2 is 0.567 bits per heavy atom. The lowest BCUT2D eigenvalue weighted by molar-refractivity contribution is -0.139. The number of hydrogen-bond donors (Lipinski definition) is 8. The third kappa shape index (κ3) is 63.6. The molecule has 12 nitrogen and oxygen atoms in total. The lowest BCUT2D eigenvalue weighted by Gasteiger charge is -1.92. The molecule has 8 N–H and O–H groups in total. The average molecular weight is 444 g/mol. The zero-order valence-electron chi connectivity index (χ0n) is 17.1. The summed E-state index contributed by atoms with van der Waals surface area (Å²) in [6.07, 6.45) is 3.47. The van der Waals surface area contributed by atoms with Crippen LogP contribution in [0.15, 0.2) is 0 Å².